The van der Waals surface area contributed by atoms with Crippen LogP contribution in [0.4, 0.5) is 11.8 Å². The summed E-state index contributed by atoms with van der Waals surface area (Å²) in [5.41, 5.74) is 14.1. The number of carboxylic acids is 1. The fourth-order valence-corrected chi connectivity index (χ4v) is 7.71. The molecular weight excluding hydrogens is 690 g/mol. The van der Waals surface area contributed by atoms with Crippen molar-refractivity contribution in [3.05, 3.63) is 70.1 Å². The Balaban J connectivity index is 0.000000205. The van der Waals surface area contributed by atoms with Crippen molar-refractivity contribution in [2.75, 3.05) is 32.8 Å². The molecule has 2 aromatic carbocycles. The van der Waals surface area contributed by atoms with E-state index in [-0.39, 0.29) is 17.2 Å². The topological polar surface area (TPSA) is 218 Å². The number of hydrogen-bond acceptors (Lipinski definition) is 13. The van der Waals surface area contributed by atoms with Crippen molar-refractivity contribution in [3.8, 4) is 28.5 Å². The molecule has 0 spiro atoms. The zero-order valence-corrected chi connectivity index (χ0v) is 29.6. The third-order valence-electron chi connectivity index (χ3n) is 8.22. The Bertz CT molecular complexity index is 1930. The quantitative estimate of drug-likeness (QED) is 0.181. The first-order chi connectivity index (χ1) is 23.7. The number of amides is 2. The molecule has 2 fully saturated rings. The van der Waals surface area contributed by atoms with Crippen LogP contribution >= 0.6 is 23.4 Å². The van der Waals surface area contributed by atoms with E-state index < -0.39 is 40.0 Å². The second-order valence-corrected chi connectivity index (χ2v) is 14.0. The van der Waals surface area contributed by atoms with Gasteiger partial charge in [0.1, 0.15) is 40.3 Å². The van der Waals surface area contributed by atoms with Crippen LogP contribution in [0.15, 0.2) is 47.1 Å². The highest BCUT2D eigenvalue weighted by Gasteiger charge is 2.64. The highest BCUT2D eigenvalue weighted by molar-refractivity contribution is 8.01. The van der Waals surface area contributed by atoms with Crippen molar-refractivity contribution in [2.45, 2.75) is 49.4 Å². The van der Waals surface area contributed by atoms with Crippen LogP contribution in [0.2, 0.25) is 5.02 Å². The molecule has 6 N–H and O–H groups in total. The number of benzene rings is 2. The van der Waals surface area contributed by atoms with Gasteiger partial charge in [-0.25, -0.2) is 9.78 Å². The Morgan fingerprint density at radius 3 is 2.36 bits per heavy atom. The van der Waals surface area contributed by atoms with E-state index in [2.05, 4.69) is 20.4 Å². The number of carboxylic acid groups (broad SMARTS) is 1. The number of aliphatic carboxylic acids is 1. The lowest BCUT2D eigenvalue weighted by Gasteiger charge is -2.43. The van der Waals surface area contributed by atoms with Gasteiger partial charge in [0.15, 0.2) is 11.5 Å². The summed E-state index contributed by atoms with van der Waals surface area (Å²) < 4.78 is 20.5. The number of halogens is 1. The van der Waals surface area contributed by atoms with Crippen LogP contribution in [0, 0.1) is 6.92 Å². The number of anilines is 2. The number of nitrogen functional groups attached to an aromatic ring is 2. The highest BCUT2D eigenvalue weighted by atomic mass is 35.5. The Morgan fingerprint density at radius 2 is 1.78 bits per heavy atom. The molecule has 0 radical (unpaired) electrons. The number of carbonyl (C=O) groups excluding carboxylic acids is 2. The maximum absolute atomic E-state index is 13.0. The third-order valence-corrected chi connectivity index (χ3v) is 10.1. The molecule has 17 heteroatoms. The molecule has 0 aliphatic carbocycles. The number of aryl methyl sites for hydroxylation is 1. The predicted molar refractivity (Wildman–Crippen MR) is 186 cm³/mol. The molecule has 2 amide bonds. The van der Waals surface area contributed by atoms with Crippen LogP contribution in [0.25, 0.3) is 11.3 Å². The minimum absolute atomic E-state index is 0.154. The molecular formula is C33H36ClN7O8S. The van der Waals surface area contributed by atoms with E-state index in [1.54, 1.807) is 72.6 Å². The number of hydrogen-bond donors (Lipinski definition) is 4. The molecule has 4 heterocycles. The SMILES string of the molecule is COc1cc(Cc2cnc(N)nc2N)cc(OC)c1OC.Cc1onc(-c2ccccc2Cl)c1C(=O)N[C@@H]1C(=O)N2[C@@H]1SC(C)(C)[C@@H]2C(=O)O. The van der Waals surface area contributed by atoms with Crippen LogP contribution in [-0.4, -0.2) is 86.4 Å². The smallest absolute Gasteiger partial charge is 0.327 e. The monoisotopic (exact) mass is 725 g/mol. The van der Waals surface area contributed by atoms with Crippen LogP contribution in [0.1, 0.15) is 41.1 Å². The van der Waals surface area contributed by atoms with Crippen molar-refractivity contribution < 1.29 is 38.2 Å². The number of aromatic nitrogens is 3. The number of rotatable bonds is 9. The lowest BCUT2D eigenvalue weighted by molar-refractivity contribution is -0.159. The minimum Gasteiger partial charge on any atom is -0.493 e. The van der Waals surface area contributed by atoms with Crippen molar-refractivity contribution in [1.29, 1.82) is 0 Å². The van der Waals surface area contributed by atoms with Gasteiger partial charge in [-0.1, -0.05) is 35.0 Å². The molecule has 2 aliphatic heterocycles. The average molecular weight is 726 g/mol. The van der Waals surface area contributed by atoms with E-state index in [1.807, 2.05) is 12.1 Å². The zero-order valence-electron chi connectivity index (χ0n) is 28.0. The van der Waals surface area contributed by atoms with Gasteiger partial charge in [-0.3, -0.25) is 9.59 Å². The van der Waals surface area contributed by atoms with E-state index in [0.29, 0.717) is 45.8 Å². The van der Waals surface area contributed by atoms with Crippen molar-refractivity contribution in [1.82, 2.24) is 25.3 Å². The summed E-state index contributed by atoms with van der Waals surface area (Å²) in [6, 6.07) is 8.90. The zero-order chi connectivity index (χ0) is 36.5. The lowest BCUT2D eigenvalue weighted by atomic mass is 9.95. The standard InChI is InChI=1S/C19H18ClN3O5S.C14H18N4O3/c1-8-11(12(22-28-8)9-6-4-5-7-10(9)20)15(24)21-13-16(25)23-14(18(26)27)19(2,3)29-17(13)23;1-19-10-5-8(6-11(20-2)12(10)21-3)4-9-7-17-14(16)18-13(9)15/h4-7,13-14,17H,1-3H3,(H,21,24)(H,26,27);5-7H,4H2,1-3H3,(H4,15,16,17,18)/t13-,14+,17-;/m1./s1. The molecule has 3 atom stereocenters. The second kappa shape index (κ2) is 14.3. The molecule has 0 saturated carbocycles. The molecule has 2 saturated heterocycles. The largest absolute Gasteiger partial charge is 0.493 e. The van der Waals surface area contributed by atoms with Crippen LogP contribution in [0.5, 0.6) is 17.2 Å². The first-order valence-electron chi connectivity index (χ1n) is 15.1. The molecule has 264 valence electrons. The molecule has 2 aliphatic rings. The number of fused-ring (bicyclic) bond motifs is 1. The number of nitrogens with zero attached hydrogens (tertiary/aromatic N) is 4. The Morgan fingerprint density at radius 1 is 1.12 bits per heavy atom. The Hall–Kier alpha value is -5.22. The number of carbonyl (C=O) groups is 3. The third kappa shape index (κ3) is 6.80. The predicted octanol–water partition coefficient (Wildman–Crippen LogP) is 3.81. The summed E-state index contributed by atoms with van der Waals surface area (Å²) in [4.78, 5) is 46.5. The molecule has 2 aromatic heterocycles. The summed E-state index contributed by atoms with van der Waals surface area (Å²) in [6.45, 7) is 5.16. The lowest BCUT2D eigenvalue weighted by Crippen LogP contribution is -2.70. The van der Waals surface area contributed by atoms with Gasteiger partial charge in [0.25, 0.3) is 5.91 Å². The van der Waals surface area contributed by atoms with Gasteiger partial charge < -0.3 is 45.5 Å². The van der Waals surface area contributed by atoms with Crippen LogP contribution in [0.3, 0.4) is 0 Å². The summed E-state index contributed by atoms with van der Waals surface area (Å²) in [5, 5.41) is 16.2. The fraction of sp³-hybridized carbons (Fsp3) is 0.333. The summed E-state index contributed by atoms with van der Waals surface area (Å²) in [5.74, 6) is 0.533. The molecule has 15 nitrogen and oxygen atoms in total. The molecule has 6 rings (SSSR count). The summed E-state index contributed by atoms with van der Waals surface area (Å²) in [7, 11) is 4.70. The maximum atomic E-state index is 13.0. The van der Waals surface area contributed by atoms with Crippen molar-refractivity contribution in [2.24, 2.45) is 0 Å². The number of thioether (sulfide) groups is 1. The summed E-state index contributed by atoms with van der Waals surface area (Å²) in [6.07, 6.45) is 2.14. The normalized spacial score (nSPS) is 18.7. The number of methoxy groups -OCH3 is 3. The molecule has 50 heavy (non-hydrogen) atoms. The molecule has 0 unspecified atom stereocenters. The van der Waals surface area contributed by atoms with Gasteiger partial charge in [0, 0.05) is 28.5 Å². The maximum Gasteiger partial charge on any atom is 0.327 e. The van der Waals surface area contributed by atoms with Crippen molar-refractivity contribution >= 4 is 52.9 Å². The van der Waals surface area contributed by atoms with E-state index in [1.165, 1.54) is 16.7 Å². The van der Waals surface area contributed by atoms with E-state index in [9.17, 15) is 19.5 Å². The Kier molecular flexibility index (Phi) is 10.3. The molecule has 4 aromatic rings. The van der Waals surface area contributed by atoms with Gasteiger partial charge in [-0.15, -0.1) is 11.8 Å². The summed E-state index contributed by atoms with van der Waals surface area (Å²) >= 11 is 7.59. The second-order valence-electron chi connectivity index (χ2n) is 11.8. The molecule has 0 bridgehead atoms. The van der Waals surface area contributed by atoms with Crippen LogP contribution in [-0.2, 0) is 16.0 Å². The van der Waals surface area contributed by atoms with E-state index in [4.69, 9.17) is 41.8 Å². The first-order valence-corrected chi connectivity index (χ1v) is 16.4. The van der Waals surface area contributed by atoms with E-state index >= 15 is 0 Å². The van der Waals surface area contributed by atoms with Crippen LogP contribution < -0.4 is 31.0 Å². The first kappa shape index (κ1) is 36.1. The number of nitrogens with two attached hydrogens (primary N) is 2. The Labute approximate surface area is 296 Å². The number of nitrogens with one attached hydrogen (secondary N) is 1. The minimum atomic E-state index is -1.06. The van der Waals surface area contributed by atoms with E-state index in [0.717, 1.165) is 11.1 Å². The average Bonchev–Trinajstić information content (AvgIpc) is 3.58. The number of ether oxygens (including phenoxy) is 3. The van der Waals surface area contributed by atoms with Gasteiger partial charge in [-0.05, 0) is 44.5 Å². The van der Waals surface area contributed by atoms with Gasteiger partial charge in [-0.2, -0.15) is 4.98 Å². The fourth-order valence-electron chi connectivity index (χ4n) is 5.86. The van der Waals surface area contributed by atoms with Gasteiger partial charge in [0.05, 0.1) is 26.4 Å². The van der Waals surface area contributed by atoms with Crippen molar-refractivity contribution in [3.63, 3.8) is 0 Å². The highest BCUT2D eigenvalue weighted by Crippen LogP contribution is 2.51. The number of β-lactam (4-membered cyclic amide) rings is 1. The van der Waals surface area contributed by atoms with Gasteiger partial charge in [0.2, 0.25) is 17.6 Å². The van der Waals surface area contributed by atoms with Gasteiger partial charge >= 0.3 is 5.97 Å².